The molecular formula is C41H65NO10. The third-order valence-electron chi connectivity index (χ3n) is 13.8. The minimum Gasteiger partial charge on any atom is -0.482 e. The second-order valence-corrected chi connectivity index (χ2v) is 17.1. The van der Waals surface area contributed by atoms with Crippen molar-refractivity contribution in [2.75, 3.05) is 79.7 Å². The Morgan fingerprint density at radius 3 is 2.17 bits per heavy atom. The quantitative estimate of drug-likeness (QED) is 0.108. The Kier molecular flexibility index (Phi) is 11.9. The molecule has 7 unspecified atom stereocenters. The van der Waals surface area contributed by atoms with Gasteiger partial charge in [-0.1, -0.05) is 26.8 Å². The van der Waals surface area contributed by atoms with Crippen molar-refractivity contribution >= 4 is 6.16 Å². The molecule has 0 amide bonds. The van der Waals surface area contributed by atoms with Gasteiger partial charge in [0.15, 0.2) is 11.5 Å². The highest BCUT2D eigenvalue weighted by atomic mass is 16.7. The third-order valence-corrected chi connectivity index (χ3v) is 13.8. The summed E-state index contributed by atoms with van der Waals surface area (Å²) in [7, 11) is 1.80. The second-order valence-electron chi connectivity index (χ2n) is 17.1. The van der Waals surface area contributed by atoms with Crippen molar-refractivity contribution in [3.8, 4) is 11.5 Å². The maximum absolute atomic E-state index is 13.1. The van der Waals surface area contributed by atoms with Crippen molar-refractivity contribution in [3.63, 3.8) is 0 Å². The first-order chi connectivity index (χ1) is 24.8. The lowest BCUT2D eigenvalue weighted by atomic mass is 9.35. The number of aryl methyl sites for hydroxylation is 1. The highest BCUT2D eigenvalue weighted by Gasteiger charge is 2.81. The molecule has 2 bridgehead atoms. The van der Waals surface area contributed by atoms with Gasteiger partial charge in [-0.2, -0.15) is 0 Å². The van der Waals surface area contributed by atoms with Crippen LogP contribution in [0.2, 0.25) is 0 Å². The van der Waals surface area contributed by atoms with Crippen molar-refractivity contribution < 1.29 is 47.8 Å². The molecule has 1 N–H and O–H groups in total. The lowest BCUT2D eigenvalue weighted by molar-refractivity contribution is -0.309. The normalized spacial score (nSPS) is 32.1. The van der Waals surface area contributed by atoms with Crippen LogP contribution < -0.4 is 9.47 Å². The second kappa shape index (κ2) is 15.6. The monoisotopic (exact) mass is 731 g/mol. The molecule has 1 aromatic carbocycles. The van der Waals surface area contributed by atoms with Gasteiger partial charge in [-0.15, -0.1) is 0 Å². The Hall–Kier alpha value is -1.99. The maximum atomic E-state index is 13.1. The number of benzene rings is 1. The van der Waals surface area contributed by atoms with Gasteiger partial charge in [-0.05, 0) is 101 Å². The van der Waals surface area contributed by atoms with Crippen LogP contribution >= 0.6 is 0 Å². The van der Waals surface area contributed by atoms with Crippen molar-refractivity contribution in [1.29, 1.82) is 0 Å². The average Bonchev–Trinajstić information content (AvgIpc) is 3.85. The fourth-order valence-electron chi connectivity index (χ4n) is 10.4. The summed E-state index contributed by atoms with van der Waals surface area (Å²) in [4.78, 5) is 15.8. The van der Waals surface area contributed by atoms with Crippen molar-refractivity contribution in [2.24, 2.45) is 22.7 Å². The maximum Gasteiger partial charge on any atom is 0.514 e. The molecule has 294 valence electrons. The van der Waals surface area contributed by atoms with Crippen molar-refractivity contribution in [2.45, 2.75) is 116 Å². The Labute approximate surface area is 311 Å². The topological polar surface area (TPSA) is 114 Å². The van der Waals surface area contributed by atoms with Crippen LogP contribution in [-0.2, 0) is 33.8 Å². The van der Waals surface area contributed by atoms with E-state index in [1.807, 2.05) is 19.9 Å². The van der Waals surface area contributed by atoms with Crippen LogP contribution in [0.5, 0.6) is 11.5 Å². The minimum absolute atomic E-state index is 0.0502. The summed E-state index contributed by atoms with van der Waals surface area (Å²) in [5.41, 5.74) is -0.399. The number of likely N-dealkylation sites (tertiary alicyclic amines) is 1. The number of nitrogens with zero attached hydrogens (tertiary/aromatic N) is 1. The van der Waals surface area contributed by atoms with Crippen molar-refractivity contribution in [1.82, 2.24) is 4.90 Å². The Morgan fingerprint density at radius 1 is 0.942 bits per heavy atom. The third kappa shape index (κ3) is 6.90. The van der Waals surface area contributed by atoms with Crippen molar-refractivity contribution in [3.05, 3.63) is 23.3 Å². The van der Waals surface area contributed by atoms with E-state index in [0.717, 1.165) is 55.8 Å². The molecule has 4 saturated carbocycles. The summed E-state index contributed by atoms with van der Waals surface area (Å²) in [5.74, 6) is 1.60. The first kappa shape index (κ1) is 39.7. The number of fused-ring (bicyclic) bond motifs is 3. The van der Waals surface area contributed by atoms with Crippen LogP contribution in [-0.4, -0.2) is 119 Å². The van der Waals surface area contributed by atoms with E-state index in [1.165, 1.54) is 12.8 Å². The molecule has 11 heteroatoms. The lowest BCUT2D eigenvalue weighted by Crippen LogP contribution is -2.81. The molecule has 1 aromatic rings. The zero-order chi connectivity index (χ0) is 37.4. The van der Waals surface area contributed by atoms with Gasteiger partial charge in [-0.3, -0.25) is 4.90 Å². The first-order valence-corrected chi connectivity index (χ1v) is 19.8. The lowest BCUT2D eigenvalue weighted by Gasteiger charge is -2.74. The van der Waals surface area contributed by atoms with Crippen LogP contribution in [0.15, 0.2) is 12.1 Å². The molecule has 5 fully saturated rings. The molecule has 7 rings (SSSR count). The molecule has 0 radical (unpaired) electrons. The van der Waals surface area contributed by atoms with E-state index in [-0.39, 0.29) is 47.5 Å². The zero-order valence-electron chi connectivity index (χ0n) is 33.1. The van der Waals surface area contributed by atoms with Crippen LogP contribution in [0.4, 0.5) is 4.79 Å². The van der Waals surface area contributed by atoms with Crippen LogP contribution in [0.25, 0.3) is 0 Å². The Balaban J connectivity index is 1.17. The number of ether oxygens (including phenoxy) is 8. The molecule has 2 aliphatic heterocycles. The van der Waals surface area contributed by atoms with E-state index in [9.17, 15) is 9.90 Å². The summed E-state index contributed by atoms with van der Waals surface area (Å²) in [5, 5.41) is 12.5. The highest BCUT2D eigenvalue weighted by Crippen LogP contribution is 2.76. The van der Waals surface area contributed by atoms with Crippen LogP contribution in [0.1, 0.15) is 91.2 Å². The van der Waals surface area contributed by atoms with E-state index >= 15 is 0 Å². The van der Waals surface area contributed by atoms with E-state index < -0.39 is 17.4 Å². The Morgan fingerprint density at radius 2 is 1.58 bits per heavy atom. The molecule has 4 aliphatic carbocycles. The number of carbonyl (C=O) groups excluding carboxylic acids is 1. The van der Waals surface area contributed by atoms with E-state index in [4.69, 9.17) is 37.9 Å². The predicted molar refractivity (Wildman–Crippen MR) is 196 cm³/mol. The van der Waals surface area contributed by atoms with Gasteiger partial charge in [0.2, 0.25) is 0 Å². The molecular weight excluding hydrogens is 666 g/mol. The van der Waals surface area contributed by atoms with Gasteiger partial charge in [0.05, 0.1) is 51.8 Å². The standard InChI is InChI=1S/C41H65NO10/c1-9-46-18-19-47-20-21-48-22-23-49-24-25-50-36(43)51-31-13-10-28(2)33-34(31)52-35-40(33)16-17-42(27-30-11-12-30)29(3)39(40)14-15-41(35,45-8)32(26-39)38(7,44)37(4,5)6/h10,13,29-30,32,35,44H,9,11-12,14-27H2,1-8H3. The zero-order valence-corrected chi connectivity index (χ0v) is 33.1. The summed E-state index contributed by atoms with van der Waals surface area (Å²) in [6, 6.07) is 4.15. The summed E-state index contributed by atoms with van der Waals surface area (Å²) in [6.45, 7) is 20.9. The predicted octanol–water partition coefficient (Wildman–Crippen LogP) is 6.08. The number of rotatable bonds is 18. The summed E-state index contributed by atoms with van der Waals surface area (Å²) < 4.78 is 47.1. The average molecular weight is 732 g/mol. The fourth-order valence-corrected chi connectivity index (χ4v) is 10.4. The molecule has 6 aliphatic rings. The molecule has 0 aromatic heterocycles. The van der Waals surface area contributed by atoms with Crippen LogP contribution in [0, 0.1) is 29.6 Å². The number of methoxy groups -OCH3 is 1. The van der Waals surface area contributed by atoms with E-state index in [1.54, 1.807) is 7.11 Å². The summed E-state index contributed by atoms with van der Waals surface area (Å²) >= 11 is 0. The first-order valence-electron chi connectivity index (χ1n) is 19.8. The van der Waals surface area contributed by atoms with Gasteiger partial charge in [0.1, 0.15) is 18.3 Å². The summed E-state index contributed by atoms with van der Waals surface area (Å²) in [6.07, 6.45) is 5.03. The molecule has 2 spiro atoms. The van der Waals surface area contributed by atoms with Gasteiger partial charge in [0.25, 0.3) is 0 Å². The number of carbonyl (C=O) groups is 1. The number of hydrogen-bond acceptors (Lipinski definition) is 11. The fraction of sp³-hybridized carbons (Fsp3) is 0.829. The molecule has 2 heterocycles. The van der Waals surface area contributed by atoms with E-state index in [0.29, 0.717) is 57.7 Å². The highest BCUT2D eigenvalue weighted by molar-refractivity contribution is 5.69. The van der Waals surface area contributed by atoms with Crippen LogP contribution in [0.3, 0.4) is 0 Å². The molecule has 11 nitrogen and oxygen atoms in total. The molecule has 1 saturated heterocycles. The van der Waals surface area contributed by atoms with Gasteiger partial charge in [-0.25, -0.2) is 4.79 Å². The minimum atomic E-state index is -1.02. The number of hydrogen-bond donors (Lipinski definition) is 1. The largest absolute Gasteiger partial charge is 0.514 e. The SMILES string of the molecule is CCOCCOCCOCCOCCOC(=O)Oc1ccc(C)c2c1OC1C3(OC)CCC4(CC3C(C)(O)C(C)(C)C)C(C)N(CC3CC3)CCC214. The molecule has 52 heavy (non-hydrogen) atoms. The number of aliphatic hydroxyl groups is 1. The van der Waals surface area contributed by atoms with Gasteiger partial charge in [0, 0.05) is 43.2 Å². The van der Waals surface area contributed by atoms with E-state index in [2.05, 4.69) is 45.6 Å². The molecule has 7 atom stereocenters. The Bertz CT molecular complexity index is 1390. The smallest absolute Gasteiger partial charge is 0.482 e. The van der Waals surface area contributed by atoms with Gasteiger partial charge >= 0.3 is 6.16 Å². The van der Waals surface area contributed by atoms with Gasteiger partial charge < -0.3 is 43.0 Å². The number of piperidine rings is 1.